The van der Waals surface area contributed by atoms with E-state index in [-0.39, 0.29) is 17.3 Å². The summed E-state index contributed by atoms with van der Waals surface area (Å²) in [6.45, 7) is 4.92. The van der Waals surface area contributed by atoms with E-state index in [0.717, 1.165) is 25.7 Å². The number of ether oxygens (including phenoxy) is 1. The molecule has 0 saturated carbocycles. The molecule has 1 unspecified atom stereocenters. The fraction of sp³-hybridized carbons (Fsp3) is 0.769. The first-order valence-electron chi connectivity index (χ1n) is 7.08. The molecule has 0 aromatic carbocycles. The van der Waals surface area contributed by atoms with Crippen molar-refractivity contribution < 1.29 is 9.66 Å². The molecule has 1 fully saturated rings. The largest absolute Gasteiger partial charge is 0.375 e. The molecule has 1 atom stereocenters. The summed E-state index contributed by atoms with van der Waals surface area (Å²) in [5.41, 5.74) is -0.0861. The van der Waals surface area contributed by atoms with Crippen molar-refractivity contribution in [1.29, 1.82) is 0 Å². The van der Waals surface area contributed by atoms with Gasteiger partial charge >= 0.3 is 5.69 Å². The number of nitro groups is 1. The van der Waals surface area contributed by atoms with Crippen LogP contribution in [0.25, 0.3) is 0 Å². The number of aromatic nitrogens is 2. The molecule has 112 valence electrons. The summed E-state index contributed by atoms with van der Waals surface area (Å²) in [7, 11) is 1.69. The van der Waals surface area contributed by atoms with Crippen molar-refractivity contribution in [2.45, 2.75) is 51.2 Å². The van der Waals surface area contributed by atoms with Gasteiger partial charge in [-0.25, -0.2) is 0 Å². The molecule has 1 saturated heterocycles. The normalized spacial score (nSPS) is 21.6. The first kappa shape index (κ1) is 14.8. The highest BCUT2D eigenvalue weighted by Crippen LogP contribution is 2.33. The summed E-state index contributed by atoms with van der Waals surface area (Å²) in [6, 6.07) is 0.164. The first-order valence-corrected chi connectivity index (χ1v) is 7.08. The fourth-order valence-corrected chi connectivity index (χ4v) is 2.80. The van der Waals surface area contributed by atoms with Gasteiger partial charge in [-0.15, -0.1) is 5.10 Å². The van der Waals surface area contributed by atoms with Crippen molar-refractivity contribution in [2.75, 3.05) is 11.9 Å². The minimum atomic E-state index is -0.401. The third-order valence-corrected chi connectivity index (χ3v) is 4.13. The highest BCUT2D eigenvalue weighted by Gasteiger charge is 2.35. The Morgan fingerprint density at radius 3 is 2.90 bits per heavy atom. The molecule has 7 nitrogen and oxygen atoms in total. The van der Waals surface area contributed by atoms with Crippen LogP contribution in [0.15, 0.2) is 6.20 Å². The molecular weight excluding hydrogens is 260 g/mol. The number of aryl methyl sites for hydroxylation is 1. The number of nitrogens with zero attached hydrogens (tertiary/aromatic N) is 3. The van der Waals surface area contributed by atoms with Crippen molar-refractivity contribution in [3.63, 3.8) is 0 Å². The van der Waals surface area contributed by atoms with Gasteiger partial charge in [-0.05, 0) is 25.7 Å². The number of hydrogen-bond acceptors (Lipinski definition) is 5. The SMILES string of the molecule is CCC1(CC)CC(Nc2nn(C)cc2[N+](=O)[O-])CCO1. The van der Waals surface area contributed by atoms with Crippen molar-refractivity contribution >= 4 is 11.5 Å². The molecule has 0 radical (unpaired) electrons. The van der Waals surface area contributed by atoms with E-state index in [0.29, 0.717) is 12.4 Å². The van der Waals surface area contributed by atoms with E-state index in [1.165, 1.54) is 10.9 Å². The summed E-state index contributed by atoms with van der Waals surface area (Å²) in [5.74, 6) is 0.352. The number of hydrogen-bond donors (Lipinski definition) is 1. The van der Waals surface area contributed by atoms with E-state index >= 15 is 0 Å². The maximum atomic E-state index is 11.0. The van der Waals surface area contributed by atoms with Crippen molar-refractivity contribution in [2.24, 2.45) is 7.05 Å². The second-order valence-corrected chi connectivity index (χ2v) is 5.37. The Bertz CT molecular complexity index is 482. The van der Waals surface area contributed by atoms with Gasteiger partial charge in [-0.3, -0.25) is 14.8 Å². The Kier molecular flexibility index (Phi) is 4.27. The van der Waals surface area contributed by atoms with Crippen LogP contribution in [0, 0.1) is 10.1 Å². The maximum Gasteiger partial charge on any atom is 0.330 e. The van der Waals surface area contributed by atoms with Gasteiger partial charge < -0.3 is 10.1 Å². The zero-order valence-electron chi connectivity index (χ0n) is 12.3. The molecule has 1 aliphatic rings. The highest BCUT2D eigenvalue weighted by atomic mass is 16.6. The molecule has 0 bridgehead atoms. The van der Waals surface area contributed by atoms with Crippen LogP contribution in [0.4, 0.5) is 11.5 Å². The van der Waals surface area contributed by atoms with E-state index in [1.54, 1.807) is 7.05 Å². The predicted molar refractivity (Wildman–Crippen MR) is 75.8 cm³/mol. The maximum absolute atomic E-state index is 11.0. The molecule has 2 rings (SSSR count). The molecule has 2 heterocycles. The Morgan fingerprint density at radius 1 is 1.60 bits per heavy atom. The second-order valence-electron chi connectivity index (χ2n) is 5.37. The van der Waals surface area contributed by atoms with E-state index in [1.807, 2.05) is 0 Å². The topological polar surface area (TPSA) is 82.2 Å². The van der Waals surface area contributed by atoms with Gasteiger partial charge in [0.15, 0.2) is 0 Å². The van der Waals surface area contributed by atoms with Gasteiger partial charge in [0.1, 0.15) is 6.20 Å². The van der Waals surface area contributed by atoms with Crippen LogP contribution in [0.5, 0.6) is 0 Å². The predicted octanol–water partition coefficient (Wildman–Crippen LogP) is 2.48. The molecule has 1 aliphatic heterocycles. The number of nitrogens with one attached hydrogen (secondary N) is 1. The lowest BCUT2D eigenvalue weighted by Gasteiger charge is -2.40. The van der Waals surface area contributed by atoms with Crippen LogP contribution in [0.2, 0.25) is 0 Å². The summed E-state index contributed by atoms with van der Waals surface area (Å²) in [4.78, 5) is 10.6. The fourth-order valence-electron chi connectivity index (χ4n) is 2.80. The Balaban J connectivity index is 2.12. The van der Waals surface area contributed by atoms with E-state index in [4.69, 9.17) is 4.74 Å². The number of anilines is 1. The lowest BCUT2D eigenvalue weighted by atomic mass is 9.86. The minimum Gasteiger partial charge on any atom is -0.375 e. The molecular formula is C13H22N4O3. The van der Waals surface area contributed by atoms with Crippen LogP contribution in [0.3, 0.4) is 0 Å². The zero-order chi connectivity index (χ0) is 14.8. The van der Waals surface area contributed by atoms with Gasteiger partial charge in [-0.2, -0.15) is 0 Å². The zero-order valence-corrected chi connectivity index (χ0v) is 12.3. The van der Waals surface area contributed by atoms with Crippen LogP contribution in [0.1, 0.15) is 39.5 Å². The lowest BCUT2D eigenvalue weighted by Crippen LogP contribution is -2.43. The quantitative estimate of drug-likeness (QED) is 0.662. The van der Waals surface area contributed by atoms with E-state index in [2.05, 4.69) is 24.3 Å². The van der Waals surface area contributed by atoms with Crippen LogP contribution in [-0.2, 0) is 11.8 Å². The molecule has 7 heteroatoms. The van der Waals surface area contributed by atoms with Crippen LogP contribution >= 0.6 is 0 Å². The summed E-state index contributed by atoms with van der Waals surface area (Å²) in [6.07, 6.45) is 5.02. The smallest absolute Gasteiger partial charge is 0.330 e. The van der Waals surface area contributed by atoms with Crippen LogP contribution in [-0.4, -0.2) is 33.0 Å². The Labute approximate surface area is 118 Å². The summed E-state index contributed by atoms with van der Waals surface area (Å²) < 4.78 is 7.38. The molecule has 0 amide bonds. The Morgan fingerprint density at radius 2 is 2.30 bits per heavy atom. The van der Waals surface area contributed by atoms with Crippen molar-refractivity contribution in [3.05, 3.63) is 16.3 Å². The molecule has 0 aliphatic carbocycles. The third kappa shape index (κ3) is 2.92. The average molecular weight is 282 g/mol. The van der Waals surface area contributed by atoms with Gasteiger partial charge in [-0.1, -0.05) is 13.8 Å². The lowest BCUT2D eigenvalue weighted by molar-refractivity contribution is -0.384. The minimum absolute atomic E-state index is 0.0255. The third-order valence-electron chi connectivity index (χ3n) is 4.13. The van der Waals surface area contributed by atoms with Crippen molar-refractivity contribution in [3.8, 4) is 0 Å². The monoisotopic (exact) mass is 282 g/mol. The summed E-state index contributed by atoms with van der Waals surface area (Å²) in [5, 5.41) is 18.4. The van der Waals surface area contributed by atoms with E-state index < -0.39 is 4.92 Å². The van der Waals surface area contributed by atoms with Gasteiger partial charge in [0, 0.05) is 19.7 Å². The highest BCUT2D eigenvalue weighted by molar-refractivity contribution is 5.55. The first-order chi connectivity index (χ1) is 9.49. The summed E-state index contributed by atoms with van der Waals surface area (Å²) >= 11 is 0. The van der Waals surface area contributed by atoms with Gasteiger partial charge in [0.25, 0.3) is 0 Å². The molecule has 20 heavy (non-hydrogen) atoms. The van der Waals surface area contributed by atoms with Crippen LogP contribution < -0.4 is 5.32 Å². The average Bonchev–Trinajstić information content (AvgIpc) is 2.80. The van der Waals surface area contributed by atoms with Gasteiger partial charge in [0.05, 0.1) is 10.5 Å². The molecule has 1 aromatic rings. The molecule has 1 aromatic heterocycles. The standard InChI is InChI=1S/C13H22N4O3/c1-4-13(5-2)8-10(6-7-20-13)14-12-11(17(18)19)9-16(3)15-12/h9-10H,4-8H2,1-3H3,(H,14,15). The second kappa shape index (κ2) is 5.78. The molecule has 1 N–H and O–H groups in total. The van der Waals surface area contributed by atoms with E-state index in [9.17, 15) is 10.1 Å². The number of rotatable bonds is 5. The Hall–Kier alpha value is -1.63. The molecule has 0 spiro atoms. The van der Waals surface area contributed by atoms with Gasteiger partial charge in [0.2, 0.25) is 5.82 Å². The van der Waals surface area contributed by atoms with Crippen molar-refractivity contribution in [1.82, 2.24) is 9.78 Å².